The lowest BCUT2D eigenvalue weighted by Gasteiger charge is -2.11. The first-order valence-corrected chi connectivity index (χ1v) is 7.08. The Morgan fingerprint density at radius 2 is 2.33 bits per heavy atom. The zero-order valence-corrected chi connectivity index (χ0v) is 12.0. The van der Waals surface area contributed by atoms with Crippen molar-refractivity contribution >= 4 is 27.2 Å². The molecule has 0 aliphatic carbocycles. The summed E-state index contributed by atoms with van der Waals surface area (Å²) in [5.74, 6) is 0.548. The third-order valence-corrected chi connectivity index (χ3v) is 4.65. The highest BCUT2D eigenvalue weighted by Gasteiger charge is 2.23. The normalized spacial score (nSPS) is 13.3. The van der Waals surface area contributed by atoms with Crippen molar-refractivity contribution in [2.24, 2.45) is 12.8 Å². The van der Waals surface area contributed by atoms with E-state index in [0.29, 0.717) is 11.6 Å². The van der Waals surface area contributed by atoms with Gasteiger partial charge in [-0.1, -0.05) is 12.2 Å². The van der Waals surface area contributed by atoms with Gasteiger partial charge in [-0.25, -0.2) is 17.8 Å². The number of ether oxygens (including phenoxy) is 1. The number of nitrogens with zero attached hydrogens (tertiary/aromatic N) is 2. The Balaban J connectivity index is 2.73. The van der Waals surface area contributed by atoms with Crippen LogP contribution in [-0.2, 0) is 23.6 Å². The Bertz CT molecular complexity index is 538. The summed E-state index contributed by atoms with van der Waals surface area (Å²) in [4.78, 5) is -0.0684. The van der Waals surface area contributed by atoms with E-state index in [-0.39, 0.29) is 11.5 Å². The molecular formula is C9H16N4O3S2. The Morgan fingerprint density at radius 3 is 2.78 bits per heavy atom. The predicted molar refractivity (Wildman–Crippen MR) is 71.8 cm³/mol. The molecule has 7 nitrogen and oxygen atoms in total. The number of rotatable bonds is 6. The van der Waals surface area contributed by atoms with Gasteiger partial charge in [-0.05, 0) is 6.92 Å². The summed E-state index contributed by atoms with van der Waals surface area (Å²) in [6.07, 6.45) is 0. The van der Waals surface area contributed by atoms with Crippen molar-refractivity contribution in [2.75, 3.05) is 7.11 Å². The number of nitrogens with one attached hydrogen (secondary N) is 1. The molecule has 0 saturated heterocycles. The van der Waals surface area contributed by atoms with Gasteiger partial charge in [-0.3, -0.25) is 0 Å². The molecule has 0 saturated carbocycles. The Morgan fingerprint density at radius 1 is 1.72 bits per heavy atom. The molecule has 1 unspecified atom stereocenters. The number of nitrogens with two attached hydrogens (primary N) is 1. The Kier molecular flexibility index (Phi) is 4.65. The Hall–Kier alpha value is -1.19. The SMILES string of the molecule is COc1cc(CNS(=O)(=O)C(C)C(N)=S)nn1C. The molecule has 102 valence electrons. The van der Waals surface area contributed by atoms with Gasteiger partial charge in [0.1, 0.15) is 5.25 Å². The molecule has 0 bridgehead atoms. The fourth-order valence-electron chi connectivity index (χ4n) is 1.24. The van der Waals surface area contributed by atoms with Crippen LogP contribution < -0.4 is 15.2 Å². The van der Waals surface area contributed by atoms with E-state index in [1.54, 1.807) is 13.1 Å². The molecule has 0 fully saturated rings. The van der Waals surface area contributed by atoms with E-state index in [0.717, 1.165) is 0 Å². The second-order valence-corrected chi connectivity index (χ2v) is 6.27. The third-order valence-electron chi connectivity index (χ3n) is 2.42. The third kappa shape index (κ3) is 3.40. The van der Waals surface area contributed by atoms with Crippen LogP contribution in [-0.4, -0.2) is 35.5 Å². The highest BCUT2D eigenvalue weighted by atomic mass is 32.2. The van der Waals surface area contributed by atoms with Gasteiger partial charge < -0.3 is 10.5 Å². The molecule has 1 atom stereocenters. The molecule has 1 aromatic heterocycles. The van der Waals surface area contributed by atoms with E-state index in [2.05, 4.69) is 22.0 Å². The molecule has 0 aliphatic rings. The lowest BCUT2D eigenvalue weighted by molar-refractivity contribution is 0.373. The molecular weight excluding hydrogens is 276 g/mol. The number of aromatic nitrogens is 2. The van der Waals surface area contributed by atoms with Crippen molar-refractivity contribution in [1.29, 1.82) is 0 Å². The second-order valence-electron chi connectivity index (χ2n) is 3.71. The van der Waals surface area contributed by atoms with Crippen LogP contribution in [0, 0.1) is 0 Å². The van der Waals surface area contributed by atoms with Gasteiger partial charge >= 0.3 is 0 Å². The van der Waals surface area contributed by atoms with Crippen LogP contribution in [0.15, 0.2) is 6.07 Å². The van der Waals surface area contributed by atoms with Gasteiger partial charge in [0.15, 0.2) is 0 Å². The molecule has 1 aromatic rings. The first-order chi connectivity index (χ1) is 8.27. The van der Waals surface area contributed by atoms with Gasteiger partial charge in [0.05, 0.1) is 24.3 Å². The molecule has 1 heterocycles. The number of thiocarbonyl (C=S) groups is 1. The number of methoxy groups -OCH3 is 1. The minimum atomic E-state index is -3.57. The number of hydrogen-bond donors (Lipinski definition) is 2. The van der Waals surface area contributed by atoms with Crippen LogP contribution in [0.2, 0.25) is 0 Å². The summed E-state index contributed by atoms with van der Waals surface area (Å²) in [5, 5.41) is 3.17. The highest BCUT2D eigenvalue weighted by molar-refractivity contribution is 7.93. The largest absolute Gasteiger partial charge is 0.481 e. The van der Waals surface area contributed by atoms with Crippen molar-refractivity contribution < 1.29 is 13.2 Å². The molecule has 0 aromatic carbocycles. The number of hydrogen-bond acceptors (Lipinski definition) is 5. The topological polar surface area (TPSA) is 99.2 Å². The quantitative estimate of drug-likeness (QED) is 0.687. The summed E-state index contributed by atoms with van der Waals surface area (Å²) < 4.78 is 32.5. The summed E-state index contributed by atoms with van der Waals surface area (Å²) in [6, 6.07) is 1.65. The van der Waals surface area contributed by atoms with Crippen LogP contribution in [0.1, 0.15) is 12.6 Å². The average Bonchev–Trinajstić information content (AvgIpc) is 2.66. The fraction of sp³-hybridized carbons (Fsp3) is 0.556. The van der Waals surface area contributed by atoms with Gasteiger partial charge in [0, 0.05) is 13.1 Å². The van der Waals surface area contributed by atoms with E-state index in [9.17, 15) is 8.42 Å². The van der Waals surface area contributed by atoms with Gasteiger partial charge in [-0.15, -0.1) is 0 Å². The zero-order valence-electron chi connectivity index (χ0n) is 10.4. The molecule has 0 radical (unpaired) electrons. The van der Waals surface area contributed by atoms with Gasteiger partial charge in [0.2, 0.25) is 15.9 Å². The average molecular weight is 292 g/mol. The minimum Gasteiger partial charge on any atom is -0.481 e. The predicted octanol–water partition coefficient (Wildman–Crippen LogP) is -0.477. The smallest absolute Gasteiger partial charge is 0.221 e. The summed E-state index contributed by atoms with van der Waals surface area (Å²) >= 11 is 4.66. The zero-order chi connectivity index (χ0) is 13.9. The fourth-order valence-corrected chi connectivity index (χ4v) is 2.52. The maximum absolute atomic E-state index is 11.8. The van der Waals surface area contributed by atoms with Crippen molar-refractivity contribution in [3.05, 3.63) is 11.8 Å². The van der Waals surface area contributed by atoms with Crippen LogP contribution in [0.4, 0.5) is 0 Å². The lowest BCUT2D eigenvalue weighted by Crippen LogP contribution is -2.39. The van der Waals surface area contributed by atoms with E-state index in [1.165, 1.54) is 18.7 Å². The Labute approximate surface area is 111 Å². The van der Waals surface area contributed by atoms with E-state index in [4.69, 9.17) is 10.5 Å². The molecule has 3 N–H and O–H groups in total. The summed E-state index contributed by atoms with van der Waals surface area (Å²) in [5.41, 5.74) is 5.86. The summed E-state index contributed by atoms with van der Waals surface area (Å²) in [7, 11) is -0.358. The lowest BCUT2D eigenvalue weighted by atomic mass is 10.4. The molecule has 0 spiro atoms. The molecule has 0 aliphatic heterocycles. The summed E-state index contributed by atoms with van der Waals surface area (Å²) in [6.45, 7) is 1.50. The van der Waals surface area contributed by atoms with Crippen molar-refractivity contribution in [2.45, 2.75) is 18.7 Å². The van der Waals surface area contributed by atoms with E-state index >= 15 is 0 Å². The van der Waals surface area contributed by atoms with Crippen LogP contribution in [0.25, 0.3) is 0 Å². The van der Waals surface area contributed by atoms with Crippen LogP contribution >= 0.6 is 12.2 Å². The van der Waals surface area contributed by atoms with Crippen LogP contribution in [0.5, 0.6) is 5.88 Å². The van der Waals surface area contributed by atoms with Crippen molar-refractivity contribution in [3.63, 3.8) is 0 Å². The molecule has 1 rings (SSSR count). The van der Waals surface area contributed by atoms with Gasteiger partial charge in [-0.2, -0.15) is 5.10 Å². The van der Waals surface area contributed by atoms with Crippen molar-refractivity contribution in [1.82, 2.24) is 14.5 Å². The van der Waals surface area contributed by atoms with Gasteiger partial charge in [0.25, 0.3) is 0 Å². The molecule has 18 heavy (non-hydrogen) atoms. The standard InChI is InChI=1S/C9H16N4O3S2/c1-6(9(10)17)18(14,15)11-5-7-4-8(16-3)13(2)12-7/h4,6,11H,5H2,1-3H3,(H2,10,17). The maximum Gasteiger partial charge on any atom is 0.221 e. The molecule has 9 heteroatoms. The minimum absolute atomic E-state index is 0.0620. The van der Waals surface area contributed by atoms with E-state index in [1.807, 2.05) is 0 Å². The van der Waals surface area contributed by atoms with E-state index < -0.39 is 15.3 Å². The second kappa shape index (κ2) is 5.63. The number of sulfonamides is 1. The maximum atomic E-state index is 11.8. The highest BCUT2D eigenvalue weighted by Crippen LogP contribution is 2.11. The van der Waals surface area contributed by atoms with Crippen LogP contribution in [0.3, 0.4) is 0 Å². The monoisotopic (exact) mass is 292 g/mol. The van der Waals surface area contributed by atoms with Crippen molar-refractivity contribution in [3.8, 4) is 5.88 Å². The first kappa shape index (κ1) is 14.9. The number of aryl methyl sites for hydroxylation is 1. The molecule has 0 amide bonds. The first-order valence-electron chi connectivity index (χ1n) is 5.12.